The highest BCUT2D eigenvalue weighted by molar-refractivity contribution is 9.11. The number of benzene rings is 4. The van der Waals surface area contributed by atoms with Crippen molar-refractivity contribution in [3.63, 3.8) is 0 Å². The molecule has 12 heteroatoms. The molecule has 2 unspecified atom stereocenters. The lowest BCUT2D eigenvalue weighted by molar-refractivity contribution is -0.176. The van der Waals surface area contributed by atoms with Crippen LogP contribution in [0.15, 0.2) is 115 Å². The van der Waals surface area contributed by atoms with Gasteiger partial charge in [-0.1, -0.05) is 112 Å². The van der Waals surface area contributed by atoms with Gasteiger partial charge in [0.25, 0.3) is 0 Å². The highest BCUT2D eigenvalue weighted by Crippen LogP contribution is 2.37. The predicted molar refractivity (Wildman–Crippen MR) is 190 cm³/mol. The lowest BCUT2D eigenvalue weighted by Crippen LogP contribution is -2.41. The third-order valence-corrected chi connectivity index (χ3v) is 9.69. The van der Waals surface area contributed by atoms with Gasteiger partial charge in [0.05, 0.1) is 0 Å². The Morgan fingerprint density at radius 1 is 0.522 bits per heavy atom. The van der Waals surface area contributed by atoms with Gasteiger partial charge in [0.2, 0.25) is 0 Å². The molecule has 46 heavy (non-hydrogen) atoms. The van der Waals surface area contributed by atoms with Gasteiger partial charge in [0.1, 0.15) is 23.4 Å². The average molecular weight is 884 g/mol. The average Bonchev–Trinajstić information content (AvgIpc) is 3.05. The molecule has 0 bridgehead atoms. The zero-order valence-electron chi connectivity index (χ0n) is 24.4. The van der Waals surface area contributed by atoms with Crippen molar-refractivity contribution in [3.8, 4) is 0 Å². The molecule has 4 aromatic rings. The molecule has 242 valence electrons. The number of carbonyl (C=O) groups is 2. The normalized spacial score (nSPS) is 13.1. The third-order valence-electron chi connectivity index (χ3n) is 7.57. The molecule has 0 amide bonds. The fourth-order valence-corrected chi connectivity index (χ4v) is 6.17. The number of ether oxygens (including phenoxy) is 2. The van der Waals surface area contributed by atoms with Crippen LogP contribution in [0, 0.1) is 0 Å². The van der Waals surface area contributed by atoms with Gasteiger partial charge in [-0.3, -0.25) is 0 Å². The Morgan fingerprint density at radius 3 is 0.935 bits per heavy atom. The quantitative estimate of drug-likeness (QED) is 0.0942. The summed E-state index contributed by atoms with van der Waals surface area (Å²) in [5, 5.41) is 24.0. The minimum Gasteiger partial charge on any atom is -0.452 e. The molecule has 4 rings (SSSR count). The Hall–Kier alpha value is -2.42. The molecule has 0 heterocycles. The largest absolute Gasteiger partial charge is 0.452 e. The summed E-state index contributed by atoms with van der Waals surface area (Å²) < 4.78 is 14.3. The van der Waals surface area contributed by atoms with Crippen molar-refractivity contribution in [2.45, 2.75) is 36.3 Å². The van der Waals surface area contributed by atoms with Crippen molar-refractivity contribution < 1.29 is 29.3 Å². The minimum absolute atomic E-state index is 0.140. The molecular weight excluding hydrogens is 852 g/mol. The number of carbonyl (C=O) groups excluding carboxylic acids is 2. The van der Waals surface area contributed by atoms with E-state index in [0.29, 0.717) is 22.3 Å². The van der Waals surface area contributed by atoms with E-state index in [1.54, 1.807) is 97.1 Å². The van der Waals surface area contributed by atoms with Crippen LogP contribution in [0.4, 0.5) is 0 Å². The van der Waals surface area contributed by atoms with E-state index < -0.39 is 35.3 Å². The number of hydrogen-bond donors (Lipinski definition) is 4. The smallest absolute Gasteiger partial charge is 0.417 e. The summed E-state index contributed by atoms with van der Waals surface area (Å²) in [6.45, 7) is -0.358. The summed E-state index contributed by atoms with van der Waals surface area (Å²) in [5.41, 5.74) is 10.9. The summed E-state index contributed by atoms with van der Waals surface area (Å²) in [5.74, 6) is -2.59. The molecule has 0 fully saturated rings. The first-order valence-electron chi connectivity index (χ1n) is 14.2. The number of esters is 2. The molecule has 0 saturated carbocycles. The van der Waals surface area contributed by atoms with Crippen LogP contribution in [-0.4, -0.2) is 47.4 Å². The second kappa shape index (κ2) is 16.1. The zero-order chi connectivity index (χ0) is 33.5. The zero-order valence-corrected chi connectivity index (χ0v) is 30.8. The second-order valence-corrected chi connectivity index (χ2v) is 14.3. The van der Waals surface area contributed by atoms with E-state index in [1.807, 2.05) is 0 Å². The van der Waals surface area contributed by atoms with Crippen molar-refractivity contribution in [1.29, 1.82) is 0 Å². The van der Waals surface area contributed by atoms with Crippen LogP contribution >= 0.6 is 63.7 Å². The van der Waals surface area contributed by atoms with Crippen LogP contribution in [0.3, 0.4) is 0 Å². The fourth-order valence-electron chi connectivity index (χ4n) is 5.11. The second-order valence-electron chi connectivity index (χ2n) is 10.7. The number of halogens is 4. The summed E-state index contributed by atoms with van der Waals surface area (Å²) >= 11 is 13.6. The van der Waals surface area contributed by atoms with Crippen molar-refractivity contribution in [1.82, 2.24) is 0 Å². The van der Waals surface area contributed by atoms with Crippen LogP contribution in [0.25, 0.3) is 0 Å². The van der Waals surface area contributed by atoms with Crippen LogP contribution in [0.2, 0.25) is 0 Å². The van der Waals surface area contributed by atoms with E-state index in [2.05, 4.69) is 63.7 Å². The van der Waals surface area contributed by atoms with E-state index in [4.69, 9.17) is 20.9 Å². The molecule has 0 aliphatic carbocycles. The van der Waals surface area contributed by atoms with Crippen molar-refractivity contribution in [2.24, 2.45) is 11.5 Å². The molecule has 0 saturated heterocycles. The highest BCUT2D eigenvalue weighted by atomic mass is 79.9. The molecule has 0 aliphatic rings. The van der Waals surface area contributed by atoms with Crippen LogP contribution in [0.1, 0.15) is 35.1 Å². The lowest BCUT2D eigenvalue weighted by Gasteiger charge is -2.33. The van der Waals surface area contributed by atoms with E-state index in [1.165, 1.54) is 0 Å². The molecule has 4 aromatic carbocycles. The van der Waals surface area contributed by atoms with E-state index in [9.17, 15) is 19.8 Å². The topological polar surface area (TPSA) is 145 Å². The molecule has 0 radical (unpaired) electrons. The standard InChI is InChI=1S/C34H32Br4N2O6/c35-25-9-1-21(2-10-25)33(43,22-3-11-26(36)12-4-22)17-29(19-39)45-31(41)32(42)46-30(20-40)18-34(44,23-5-13-27(37)14-6-23)24-7-15-28(38)16-8-24/h1-16,29-30,43-44H,17-20,39-40H2. The molecule has 0 aliphatic heterocycles. The lowest BCUT2D eigenvalue weighted by atomic mass is 9.81. The Balaban J connectivity index is 1.52. The Labute approximate surface area is 301 Å². The first kappa shape index (κ1) is 36.4. The monoisotopic (exact) mass is 880 g/mol. The van der Waals surface area contributed by atoms with Crippen molar-refractivity contribution >= 4 is 75.7 Å². The van der Waals surface area contributed by atoms with Gasteiger partial charge in [0, 0.05) is 43.8 Å². The first-order chi connectivity index (χ1) is 21.9. The Bertz CT molecular complexity index is 1400. The van der Waals surface area contributed by atoms with E-state index in [-0.39, 0.29) is 25.9 Å². The number of nitrogens with two attached hydrogens (primary N) is 2. The van der Waals surface area contributed by atoms with Gasteiger partial charge in [0.15, 0.2) is 0 Å². The van der Waals surface area contributed by atoms with Gasteiger partial charge in [-0.2, -0.15) is 0 Å². The maximum Gasteiger partial charge on any atom is 0.417 e. The van der Waals surface area contributed by atoms with E-state index in [0.717, 1.165) is 17.9 Å². The summed E-state index contributed by atoms with van der Waals surface area (Å²) in [6, 6.07) is 28.3. The van der Waals surface area contributed by atoms with Crippen LogP contribution in [-0.2, 0) is 30.3 Å². The Kier molecular flexibility index (Phi) is 12.8. The predicted octanol–water partition coefficient (Wildman–Crippen LogP) is 6.43. The molecule has 0 spiro atoms. The van der Waals surface area contributed by atoms with Crippen LogP contribution < -0.4 is 11.5 Å². The highest BCUT2D eigenvalue weighted by Gasteiger charge is 2.39. The summed E-state index contributed by atoms with van der Waals surface area (Å²) in [4.78, 5) is 26.1. The van der Waals surface area contributed by atoms with E-state index >= 15 is 0 Å². The van der Waals surface area contributed by atoms with Crippen molar-refractivity contribution in [3.05, 3.63) is 137 Å². The maximum atomic E-state index is 13.0. The molecular formula is C34H32Br4N2O6. The van der Waals surface area contributed by atoms with Gasteiger partial charge in [-0.25, -0.2) is 9.59 Å². The van der Waals surface area contributed by atoms with Crippen molar-refractivity contribution in [2.75, 3.05) is 13.1 Å². The number of rotatable bonds is 12. The van der Waals surface area contributed by atoms with Gasteiger partial charge in [-0.05, 0) is 70.8 Å². The van der Waals surface area contributed by atoms with Gasteiger partial charge >= 0.3 is 11.9 Å². The SMILES string of the molecule is NCC(CC(O)(c1ccc(Br)cc1)c1ccc(Br)cc1)OC(=O)C(=O)OC(CN)CC(O)(c1ccc(Br)cc1)c1ccc(Br)cc1. The van der Waals surface area contributed by atoms with Crippen LogP contribution in [0.5, 0.6) is 0 Å². The number of aliphatic hydroxyl groups is 2. The maximum absolute atomic E-state index is 13.0. The fraction of sp³-hybridized carbons (Fsp3) is 0.235. The Morgan fingerprint density at radius 2 is 0.739 bits per heavy atom. The molecule has 0 aromatic heterocycles. The van der Waals surface area contributed by atoms with Gasteiger partial charge < -0.3 is 31.2 Å². The van der Waals surface area contributed by atoms with Gasteiger partial charge in [-0.15, -0.1) is 0 Å². The third kappa shape index (κ3) is 8.93. The first-order valence-corrected chi connectivity index (χ1v) is 17.4. The summed E-state index contributed by atoms with van der Waals surface area (Å²) in [7, 11) is 0. The molecule has 8 nitrogen and oxygen atoms in total. The number of hydrogen-bond acceptors (Lipinski definition) is 8. The summed E-state index contributed by atoms with van der Waals surface area (Å²) in [6.07, 6.45) is -2.40. The minimum atomic E-state index is -1.61. The molecule has 2 atom stereocenters. The molecule has 6 N–H and O–H groups in total.